The Morgan fingerprint density at radius 2 is 2.00 bits per heavy atom. The number of rotatable bonds is 5. The van der Waals surface area contributed by atoms with Gasteiger partial charge in [0.2, 0.25) is 0 Å². The molecule has 0 amide bonds. The topological polar surface area (TPSA) is 17.1 Å². The molecule has 0 N–H and O–H groups in total. The Morgan fingerprint density at radius 1 is 1.29 bits per heavy atom. The molecule has 2 heterocycles. The molecule has 0 radical (unpaired) electrons. The number of carbonyl (C=O) groups excluding carboxylic acids is 1. The Bertz CT molecular complexity index is 364. The molecule has 0 bridgehead atoms. The van der Waals surface area contributed by atoms with Gasteiger partial charge in [0.25, 0.3) is 0 Å². The van der Waals surface area contributed by atoms with Gasteiger partial charge in [-0.1, -0.05) is 6.92 Å². The lowest BCUT2D eigenvalue weighted by molar-refractivity contribution is -0.119. The van der Waals surface area contributed by atoms with Gasteiger partial charge in [0.05, 0.1) is 0 Å². The third kappa shape index (κ3) is 4.14. The molecule has 1 aliphatic heterocycles. The molecule has 17 heavy (non-hydrogen) atoms. The lowest BCUT2D eigenvalue weighted by Crippen LogP contribution is -2.15. The van der Waals surface area contributed by atoms with Gasteiger partial charge in [0.15, 0.2) is 0 Å². The van der Waals surface area contributed by atoms with Crippen LogP contribution in [-0.2, 0) is 17.6 Å². The van der Waals surface area contributed by atoms with Crippen molar-refractivity contribution in [3.63, 3.8) is 0 Å². The Morgan fingerprint density at radius 3 is 2.65 bits per heavy atom. The Balaban J connectivity index is 1.79. The lowest BCUT2D eigenvalue weighted by atomic mass is 9.95. The molecule has 2 rings (SSSR count). The summed E-state index contributed by atoms with van der Waals surface area (Å²) in [5.74, 6) is 3.59. The number of thiophene rings is 1. The fourth-order valence-corrected chi connectivity index (χ4v) is 4.44. The van der Waals surface area contributed by atoms with E-state index in [9.17, 15) is 4.79 Å². The largest absolute Gasteiger partial charge is 0.299 e. The van der Waals surface area contributed by atoms with Crippen LogP contribution in [0.15, 0.2) is 12.1 Å². The molecule has 0 aromatic carbocycles. The van der Waals surface area contributed by atoms with E-state index >= 15 is 0 Å². The van der Waals surface area contributed by atoms with Gasteiger partial charge in [-0.3, -0.25) is 4.79 Å². The van der Waals surface area contributed by atoms with E-state index in [2.05, 4.69) is 19.1 Å². The Labute approximate surface area is 112 Å². The number of ketones is 1. The molecule has 1 fully saturated rings. The minimum absolute atomic E-state index is 0.436. The highest BCUT2D eigenvalue weighted by Crippen LogP contribution is 2.26. The van der Waals surface area contributed by atoms with Gasteiger partial charge in [-0.15, -0.1) is 11.3 Å². The summed E-state index contributed by atoms with van der Waals surface area (Å²) in [4.78, 5) is 14.6. The molecule has 1 saturated heterocycles. The van der Waals surface area contributed by atoms with Gasteiger partial charge in [-0.2, -0.15) is 11.8 Å². The molecule has 1 aromatic rings. The molecule has 1 aromatic heterocycles. The van der Waals surface area contributed by atoms with Crippen LogP contribution in [-0.4, -0.2) is 17.3 Å². The molecule has 1 aliphatic rings. The predicted molar refractivity (Wildman–Crippen MR) is 77.1 cm³/mol. The third-order valence-electron chi connectivity index (χ3n) is 3.29. The molecule has 0 spiro atoms. The molecular formula is C14H20OS2. The third-order valence-corrected chi connectivity index (χ3v) is 5.57. The SMILES string of the molecule is CCc1ccc(CC(=O)CC2CCSCC2)s1. The molecular weight excluding hydrogens is 248 g/mol. The van der Waals surface area contributed by atoms with E-state index in [1.165, 1.54) is 34.1 Å². The van der Waals surface area contributed by atoms with E-state index in [4.69, 9.17) is 0 Å². The van der Waals surface area contributed by atoms with Gasteiger partial charge in [0.1, 0.15) is 5.78 Å². The van der Waals surface area contributed by atoms with Crippen LogP contribution in [0, 0.1) is 5.92 Å². The number of hydrogen-bond donors (Lipinski definition) is 0. The quantitative estimate of drug-likeness (QED) is 0.804. The van der Waals surface area contributed by atoms with E-state index < -0.39 is 0 Å². The molecule has 0 atom stereocenters. The van der Waals surface area contributed by atoms with E-state index in [0.29, 0.717) is 18.1 Å². The fourth-order valence-electron chi connectivity index (χ4n) is 2.25. The van der Waals surface area contributed by atoms with Crippen LogP contribution in [0.5, 0.6) is 0 Å². The summed E-state index contributed by atoms with van der Waals surface area (Å²) in [6.45, 7) is 2.16. The van der Waals surface area contributed by atoms with Crippen LogP contribution in [0.4, 0.5) is 0 Å². The van der Waals surface area contributed by atoms with Crippen LogP contribution in [0.3, 0.4) is 0 Å². The average molecular weight is 268 g/mol. The van der Waals surface area contributed by atoms with E-state index in [1.807, 2.05) is 11.8 Å². The smallest absolute Gasteiger partial charge is 0.138 e. The first-order valence-corrected chi connectivity index (χ1v) is 8.42. The molecule has 0 unspecified atom stereocenters. The first-order valence-electron chi connectivity index (χ1n) is 6.45. The second kappa shape index (κ2) is 6.60. The van der Waals surface area contributed by atoms with Crippen molar-refractivity contribution in [2.75, 3.05) is 11.5 Å². The summed E-state index contributed by atoms with van der Waals surface area (Å²) in [5, 5.41) is 0. The molecule has 0 saturated carbocycles. The maximum atomic E-state index is 12.0. The van der Waals surface area contributed by atoms with E-state index in [1.54, 1.807) is 11.3 Å². The average Bonchev–Trinajstić information content (AvgIpc) is 2.78. The van der Waals surface area contributed by atoms with Crippen LogP contribution >= 0.6 is 23.1 Å². The number of carbonyl (C=O) groups is 1. The number of Topliss-reactive ketones (excluding diaryl/α,β-unsaturated/α-hetero) is 1. The second-order valence-corrected chi connectivity index (χ2v) is 7.17. The lowest BCUT2D eigenvalue weighted by Gasteiger charge is -2.20. The van der Waals surface area contributed by atoms with Crippen LogP contribution in [0.1, 0.15) is 35.9 Å². The van der Waals surface area contributed by atoms with Crippen molar-refractivity contribution in [1.29, 1.82) is 0 Å². The minimum atomic E-state index is 0.436. The van der Waals surface area contributed by atoms with Crippen molar-refractivity contribution in [3.05, 3.63) is 21.9 Å². The highest BCUT2D eigenvalue weighted by molar-refractivity contribution is 7.99. The van der Waals surface area contributed by atoms with Gasteiger partial charge >= 0.3 is 0 Å². The van der Waals surface area contributed by atoms with Gasteiger partial charge in [0, 0.05) is 22.6 Å². The van der Waals surface area contributed by atoms with Crippen molar-refractivity contribution in [2.24, 2.45) is 5.92 Å². The summed E-state index contributed by atoms with van der Waals surface area (Å²) in [5.41, 5.74) is 0. The number of aryl methyl sites for hydroxylation is 1. The number of hydrogen-bond acceptors (Lipinski definition) is 3. The van der Waals surface area contributed by atoms with E-state index in [-0.39, 0.29) is 0 Å². The minimum Gasteiger partial charge on any atom is -0.299 e. The van der Waals surface area contributed by atoms with Crippen molar-refractivity contribution >= 4 is 28.9 Å². The zero-order valence-electron chi connectivity index (χ0n) is 10.4. The maximum absolute atomic E-state index is 12.0. The Kier molecular flexibility index (Phi) is 5.11. The van der Waals surface area contributed by atoms with Crippen molar-refractivity contribution in [3.8, 4) is 0 Å². The van der Waals surface area contributed by atoms with E-state index in [0.717, 1.165) is 12.8 Å². The zero-order chi connectivity index (χ0) is 12.1. The van der Waals surface area contributed by atoms with Crippen molar-refractivity contribution in [2.45, 2.75) is 39.0 Å². The Hall–Kier alpha value is -0.280. The van der Waals surface area contributed by atoms with Gasteiger partial charge < -0.3 is 0 Å². The summed E-state index contributed by atoms with van der Waals surface area (Å²) < 4.78 is 0. The standard InChI is InChI=1S/C14H20OS2/c1-2-13-3-4-14(17-13)10-12(15)9-11-5-7-16-8-6-11/h3-4,11H,2,5-10H2,1H3. The monoisotopic (exact) mass is 268 g/mol. The van der Waals surface area contributed by atoms with Crippen molar-refractivity contribution in [1.82, 2.24) is 0 Å². The normalized spacial score (nSPS) is 17.2. The van der Waals surface area contributed by atoms with Crippen LogP contribution in [0.25, 0.3) is 0 Å². The summed E-state index contributed by atoms with van der Waals surface area (Å²) in [7, 11) is 0. The maximum Gasteiger partial charge on any atom is 0.138 e. The van der Waals surface area contributed by atoms with Crippen LogP contribution < -0.4 is 0 Å². The molecule has 0 aliphatic carbocycles. The second-order valence-electron chi connectivity index (χ2n) is 4.70. The highest BCUT2D eigenvalue weighted by atomic mass is 32.2. The number of thioether (sulfide) groups is 1. The molecule has 1 nitrogen and oxygen atoms in total. The van der Waals surface area contributed by atoms with Crippen LogP contribution in [0.2, 0.25) is 0 Å². The van der Waals surface area contributed by atoms with Crippen molar-refractivity contribution < 1.29 is 4.79 Å². The summed E-state index contributed by atoms with van der Waals surface area (Å²) >= 11 is 3.83. The highest BCUT2D eigenvalue weighted by Gasteiger charge is 2.17. The summed E-state index contributed by atoms with van der Waals surface area (Å²) in [6, 6.07) is 4.28. The fraction of sp³-hybridized carbons (Fsp3) is 0.643. The molecule has 94 valence electrons. The first kappa shape index (κ1) is 13.2. The zero-order valence-corrected chi connectivity index (χ0v) is 12.0. The van der Waals surface area contributed by atoms with Gasteiger partial charge in [-0.05, 0) is 48.8 Å². The van der Waals surface area contributed by atoms with Gasteiger partial charge in [-0.25, -0.2) is 0 Å². The molecule has 3 heteroatoms. The first-order chi connectivity index (χ1) is 8.28. The predicted octanol–water partition coefficient (Wildman–Crippen LogP) is 3.96. The summed E-state index contributed by atoms with van der Waals surface area (Å²) in [6.07, 6.45) is 5.02.